The minimum atomic E-state index is -4.56. The fourth-order valence-corrected chi connectivity index (χ4v) is 16.9. The first-order valence-corrected chi connectivity index (χ1v) is 41.8. The minimum Gasteiger partial charge on any atom is -0.388 e. The van der Waals surface area contributed by atoms with Crippen molar-refractivity contribution in [1.82, 2.24) is 99.6 Å². The van der Waals surface area contributed by atoms with Gasteiger partial charge in [0.15, 0.2) is 22.6 Å². The Kier molecular flexibility index (Phi) is 24.3. The van der Waals surface area contributed by atoms with Crippen molar-refractivity contribution in [2.24, 2.45) is 0 Å². The SMILES string of the molecule is CC1(O)COCCC1(NC(=O)c1cnn2cc(C3CC3)cnc12)c1ccc(C(F)(F)F)cn1.Cc1cnc2c(C(=O)NC3(c4ccc(C(F)(F)F)cn4)CCOCC3(C)O)cnn2c1.Cc1nn2cc(C3CC3)cnc2c1C(=O)NC1(c2ccc(C(F)(F)F)cn2)CCOCC1(C)O.Cc1nn2cc(C3CC3)cnc2c1C(=O)NC1(c2ccc(C(F)(F)F)cn2)CCOCC1O. The van der Waals surface area contributed by atoms with E-state index in [0.29, 0.717) is 76.5 Å². The van der Waals surface area contributed by atoms with Crippen LogP contribution in [0.5, 0.6) is 0 Å². The largest absolute Gasteiger partial charge is 0.417 e. The molecule has 692 valence electrons. The number of nitrogens with zero attached hydrogens (tertiary/aromatic N) is 16. The second-order valence-electron chi connectivity index (χ2n) is 34.5. The van der Waals surface area contributed by atoms with Crippen LogP contribution >= 0.6 is 0 Å². The number of pyridine rings is 4. The van der Waals surface area contributed by atoms with Gasteiger partial charge in [0.2, 0.25) is 0 Å². The van der Waals surface area contributed by atoms with Crippen molar-refractivity contribution in [1.29, 1.82) is 0 Å². The topological polar surface area (TPSA) is 407 Å². The van der Waals surface area contributed by atoms with Crippen LogP contribution < -0.4 is 21.3 Å². The number of rotatable bonds is 15. The smallest absolute Gasteiger partial charge is 0.388 e. The Balaban J connectivity index is 0.000000128. The fraction of sp³-hybridized carbons (Fsp3) is 0.448. The van der Waals surface area contributed by atoms with E-state index in [1.807, 2.05) is 25.5 Å². The van der Waals surface area contributed by atoms with Crippen LogP contribution in [0.15, 0.2) is 135 Å². The van der Waals surface area contributed by atoms with Gasteiger partial charge in [-0.3, -0.25) is 39.1 Å². The van der Waals surface area contributed by atoms with E-state index in [9.17, 15) is 92.3 Å². The number of aliphatic hydroxyl groups is 4. The molecule has 8 N–H and O–H groups in total. The lowest BCUT2D eigenvalue weighted by atomic mass is 9.74. The number of alkyl halides is 12. The van der Waals surface area contributed by atoms with Crippen LogP contribution in [0.25, 0.3) is 22.6 Å². The fourth-order valence-electron chi connectivity index (χ4n) is 16.9. The quantitative estimate of drug-likeness (QED) is 0.0442. The number of nitrogens with one attached hydrogen (secondary N) is 4. The summed E-state index contributed by atoms with van der Waals surface area (Å²) in [6.07, 6.45) is 7.23. The number of amides is 4. The zero-order valence-electron chi connectivity index (χ0n) is 71.0. The number of aromatic nitrogens is 16. The maximum absolute atomic E-state index is 13.6. The molecule has 7 aliphatic rings. The predicted molar refractivity (Wildman–Crippen MR) is 435 cm³/mol. The zero-order valence-corrected chi connectivity index (χ0v) is 71.0. The van der Waals surface area contributed by atoms with Crippen LogP contribution in [0.1, 0.15) is 223 Å². The van der Waals surface area contributed by atoms with E-state index in [1.165, 1.54) is 66.5 Å². The Morgan fingerprint density at radius 3 is 1.04 bits per heavy atom. The third-order valence-electron chi connectivity index (χ3n) is 25.0. The molecular formula is C87H88F12N20O12. The van der Waals surface area contributed by atoms with E-state index < -0.39 is 116 Å². The number of hydrogen-bond donors (Lipinski definition) is 8. The number of carbonyl (C=O) groups is 4. The standard InChI is InChI=1S/C23H24F3N5O3.2C22H22F3N5O3.C20H20F3N5O3/c1-13-18(19-28-9-15(14-3-4-14)11-31(19)30-13)20(32)29-22(7-8-34-12-21(22,2)33)17-6-5-16(10-27-17)23(24,25)26;1-20(32)12-33-7-6-21(20,17-5-4-15(9-26-17)22(23,24)25)29-19(31)16-10-28-30-11-14(13-2-3-13)8-27-18(16)30;1-12-18(19-27-8-14(13-2-3-13)10-30(19)29-12)20(32)28-21(6-7-33-11-17(21)31)16-5-4-15(9-26-16)22(23,24)25;1-12-7-25-16-14(9-26-28(16)10-12)17(29)27-19(5-6-31-11-18(19,2)30)15-4-3-13(8-24-15)20(21,22)23/h5-6,9-11,14,33H,3-4,7-8,12H2,1-2H3,(H,29,32);4-5,8-11,13,32H,2-3,6-7,12H2,1H3,(H,29,31);4-5,8-10,13,17,31H,2-3,6-7,11H2,1H3,(H,28,32);3-4,7-10,30H,5-6,11H2,1-2H3,(H,27,29). The summed E-state index contributed by atoms with van der Waals surface area (Å²) >= 11 is 0. The van der Waals surface area contributed by atoms with Gasteiger partial charge in [0.25, 0.3) is 23.6 Å². The molecule has 4 saturated heterocycles. The lowest BCUT2D eigenvalue weighted by molar-refractivity contribution is -0.141. The van der Waals surface area contributed by atoms with Crippen LogP contribution in [0.4, 0.5) is 52.7 Å². The van der Waals surface area contributed by atoms with Crippen LogP contribution in [0, 0.1) is 20.8 Å². The molecule has 0 aromatic carbocycles. The summed E-state index contributed by atoms with van der Waals surface area (Å²) in [6, 6.07) is 8.26. The summed E-state index contributed by atoms with van der Waals surface area (Å²) in [5.74, 6) is -0.856. The van der Waals surface area contributed by atoms with Crippen molar-refractivity contribution in [2.75, 3.05) is 52.9 Å². The van der Waals surface area contributed by atoms with Crippen molar-refractivity contribution >= 4 is 46.2 Å². The molecule has 16 heterocycles. The van der Waals surface area contributed by atoms with Crippen molar-refractivity contribution in [3.63, 3.8) is 0 Å². The van der Waals surface area contributed by atoms with Gasteiger partial charge >= 0.3 is 24.7 Å². The second kappa shape index (κ2) is 34.5. The van der Waals surface area contributed by atoms with Crippen LogP contribution in [0.2, 0.25) is 0 Å². The molecule has 4 aliphatic heterocycles. The first-order chi connectivity index (χ1) is 61.8. The highest BCUT2D eigenvalue weighted by molar-refractivity contribution is 6.03. The highest BCUT2D eigenvalue weighted by Gasteiger charge is 2.58. The molecule has 8 atom stereocenters. The highest BCUT2D eigenvalue weighted by Crippen LogP contribution is 2.47. The van der Waals surface area contributed by atoms with Crippen molar-refractivity contribution < 1.29 is 111 Å². The van der Waals surface area contributed by atoms with Gasteiger partial charge in [-0.2, -0.15) is 73.1 Å². The highest BCUT2D eigenvalue weighted by atomic mass is 19.4. The molecule has 12 aromatic rings. The van der Waals surface area contributed by atoms with Gasteiger partial charge in [-0.1, -0.05) is 0 Å². The number of carbonyl (C=O) groups excluding carboxylic acids is 4. The monoisotopic (exact) mass is 1830 g/mol. The third-order valence-corrected chi connectivity index (χ3v) is 25.0. The molecule has 0 bridgehead atoms. The molecule has 0 spiro atoms. The van der Waals surface area contributed by atoms with Gasteiger partial charge in [0.05, 0.1) is 95.2 Å². The Morgan fingerprint density at radius 1 is 0.382 bits per heavy atom. The van der Waals surface area contributed by atoms with E-state index in [1.54, 1.807) is 53.9 Å². The number of aliphatic hydroxyl groups excluding tert-OH is 1. The molecule has 131 heavy (non-hydrogen) atoms. The zero-order chi connectivity index (χ0) is 93.6. The van der Waals surface area contributed by atoms with Gasteiger partial charge in [-0.15, -0.1) is 0 Å². The van der Waals surface area contributed by atoms with E-state index in [2.05, 4.69) is 81.5 Å². The maximum Gasteiger partial charge on any atom is 0.417 e. The maximum atomic E-state index is 13.6. The van der Waals surface area contributed by atoms with Crippen LogP contribution in [-0.2, 0) is 65.8 Å². The first kappa shape index (κ1) is 92.1. The molecule has 19 rings (SSSR count). The summed E-state index contributed by atoms with van der Waals surface area (Å²) in [4.78, 5) is 87.0. The summed E-state index contributed by atoms with van der Waals surface area (Å²) in [7, 11) is 0. The van der Waals surface area contributed by atoms with Gasteiger partial charge in [0, 0.05) is 126 Å². The average molecular weight is 1830 g/mol. The lowest BCUT2D eigenvalue weighted by Gasteiger charge is -2.48. The molecule has 7 fully saturated rings. The Hall–Kier alpha value is -12.2. The summed E-state index contributed by atoms with van der Waals surface area (Å²) in [6.45, 7) is 9.80. The molecule has 12 aromatic heterocycles. The number of halogens is 12. The Morgan fingerprint density at radius 2 is 0.702 bits per heavy atom. The second-order valence-corrected chi connectivity index (χ2v) is 34.5. The minimum absolute atomic E-state index is 0.0975. The molecule has 4 amide bonds. The van der Waals surface area contributed by atoms with E-state index in [0.717, 1.165) is 85.0 Å². The molecule has 44 heteroatoms. The van der Waals surface area contributed by atoms with Crippen molar-refractivity contribution in [2.45, 2.75) is 193 Å². The molecule has 32 nitrogen and oxygen atoms in total. The lowest BCUT2D eigenvalue weighted by Crippen LogP contribution is -2.65. The van der Waals surface area contributed by atoms with E-state index in [4.69, 9.17) is 18.9 Å². The third kappa shape index (κ3) is 18.2. The van der Waals surface area contributed by atoms with Gasteiger partial charge in [-0.25, -0.2) is 38.0 Å². The molecule has 0 radical (unpaired) electrons. The van der Waals surface area contributed by atoms with E-state index >= 15 is 0 Å². The Labute approximate surface area is 736 Å². The van der Waals surface area contributed by atoms with Crippen LogP contribution in [0.3, 0.4) is 0 Å². The van der Waals surface area contributed by atoms with E-state index in [-0.39, 0.29) is 124 Å². The molecule has 3 saturated carbocycles. The summed E-state index contributed by atoms with van der Waals surface area (Å²) in [5, 5.41) is 72.9. The van der Waals surface area contributed by atoms with Crippen molar-refractivity contribution in [3.05, 3.63) is 236 Å². The van der Waals surface area contributed by atoms with Crippen LogP contribution in [-0.4, -0.2) is 198 Å². The molecular weight excluding hydrogens is 1750 g/mol. The number of ether oxygens (including phenoxy) is 4. The Bertz CT molecular complexity index is 6300. The van der Waals surface area contributed by atoms with Gasteiger partial charge in [0.1, 0.15) is 67.3 Å². The average Bonchev–Trinajstić information content (AvgIpc) is 1.01. The summed E-state index contributed by atoms with van der Waals surface area (Å²) < 4.78 is 184. The summed E-state index contributed by atoms with van der Waals surface area (Å²) in [5.41, 5.74) is -6.90. The van der Waals surface area contributed by atoms with Crippen molar-refractivity contribution in [3.8, 4) is 0 Å². The number of fused-ring (bicyclic) bond motifs is 4. The normalized spacial score (nSPS) is 24.8. The molecule has 8 unspecified atom stereocenters. The predicted octanol–water partition coefficient (Wildman–Crippen LogP) is 10.9. The van der Waals surface area contributed by atoms with Gasteiger partial charge in [-0.05, 0) is 169 Å². The number of hydrogen-bond acceptors (Lipinski definition) is 24. The first-order valence-electron chi connectivity index (χ1n) is 41.8. The van der Waals surface area contributed by atoms with Gasteiger partial charge < -0.3 is 60.6 Å². The molecule has 3 aliphatic carbocycles. The number of aryl methyl sites for hydroxylation is 3.